The molecule has 0 bridgehead atoms. The molecule has 0 aliphatic carbocycles. The van der Waals surface area contributed by atoms with Crippen LogP contribution in [-0.4, -0.2) is 36.2 Å². The van der Waals surface area contributed by atoms with Gasteiger partial charge in [-0.2, -0.15) is 0 Å². The van der Waals surface area contributed by atoms with Crippen molar-refractivity contribution in [3.8, 4) is 0 Å². The lowest BCUT2D eigenvalue weighted by Gasteiger charge is -2.35. The van der Waals surface area contributed by atoms with Gasteiger partial charge in [-0.05, 0) is 36.1 Å². The molecule has 2 aromatic carbocycles. The van der Waals surface area contributed by atoms with Crippen LogP contribution in [0.3, 0.4) is 0 Å². The molecular formula is C19H25N3O. The predicted octanol–water partition coefficient (Wildman–Crippen LogP) is 3.94. The molecule has 2 aromatic rings. The Morgan fingerprint density at radius 3 is 2.57 bits per heavy atom. The van der Waals surface area contributed by atoms with E-state index in [0.717, 1.165) is 31.5 Å². The second-order valence-corrected chi connectivity index (χ2v) is 6.28. The number of carbonyl (C=O) groups is 1. The number of amides is 2. The Morgan fingerprint density at radius 1 is 1.09 bits per heavy atom. The summed E-state index contributed by atoms with van der Waals surface area (Å²) in [6.07, 6.45) is 3.59. The molecule has 23 heavy (non-hydrogen) atoms. The molecule has 1 heterocycles. The molecule has 4 nitrogen and oxygen atoms in total. The van der Waals surface area contributed by atoms with E-state index in [4.69, 9.17) is 0 Å². The van der Waals surface area contributed by atoms with Crippen molar-refractivity contribution in [3.63, 3.8) is 0 Å². The lowest BCUT2D eigenvalue weighted by atomic mass is 10.00. The number of nitrogens with zero attached hydrogens (tertiary/aromatic N) is 2. The minimum atomic E-state index is -0.0349. The van der Waals surface area contributed by atoms with E-state index in [2.05, 4.69) is 40.7 Å². The number of carbonyl (C=O) groups excluding carboxylic acids is 1. The molecule has 2 amide bonds. The fourth-order valence-corrected chi connectivity index (χ4v) is 3.29. The summed E-state index contributed by atoms with van der Waals surface area (Å²) in [7, 11) is 1.86. The summed E-state index contributed by atoms with van der Waals surface area (Å²) in [6.45, 7) is 3.98. The average molecular weight is 311 g/mol. The summed E-state index contributed by atoms with van der Waals surface area (Å²) in [4.78, 5) is 12.5. The molecule has 0 radical (unpaired) electrons. The number of hydrazine groups is 1. The molecule has 0 aromatic heterocycles. The third-order valence-electron chi connectivity index (χ3n) is 4.68. The standard InChI is InChI=1S/C19H25N3O/c1-15(17-12-8-10-16-9-4-5-11-18(16)17)20-19(23)21(2)22-13-6-3-7-14-22/h4-5,8-12,15H,3,6-7,13-14H2,1-2H3,(H,20,23). The van der Waals surface area contributed by atoms with Crippen molar-refractivity contribution in [2.75, 3.05) is 20.1 Å². The van der Waals surface area contributed by atoms with E-state index >= 15 is 0 Å². The smallest absolute Gasteiger partial charge is 0.330 e. The summed E-state index contributed by atoms with van der Waals surface area (Å²) in [5, 5.41) is 9.40. The van der Waals surface area contributed by atoms with Crippen LogP contribution in [-0.2, 0) is 0 Å². The molecule has 1 fully saturated rings. The Hall–Kier alpha value is -2.07. The first-order valence-electron chi connectivity index (χ1n) is 8.43. The highest BCUT2D eigenvalue weighted by Crippen LogP contribution is 2.24. The number of piperidine rings is 1. The van der Waals surface area contributed by atoms with Crippen molar-refractivity contribution in [3.05, 3.63) is 48.0 Å². The van der Waals surface area contributed by atoms with Gasteiger partial charge < -0.3 is 5.32 Å². The molecule has 122 valence electrons. The largest absolute Gasteiger partial charge is 0.332 e. The Labute approximate surface area is 138 Å². The number of benzene rings is 2. The van der Waals surface area contributed by atoms with Gasteiger partial charge in [0.15, 0.2) is 0 Å². The predicted molar refractivity (Wildman–Crippen MR) is 94.1 cm³/mol. The lowest BCUT2D eigenvalue weighted by Crippen LogP contribution is -2.50. The number of fused-ring (bicyclic) bond motifs is 1. The van der Waals surface area contributed by atoms with Crippen molar-refractivity contribution >= 4 is 16.8 Å². The second-order valence-electron chi connectivity index (χ2n) is 6.28. The highest BCUT2D eigenvalue weighted by atomic mass is 16.2. The van der Waals surface area contributed by atoms with E-state index < -0.39 is 0 Å². The van der Waals surface area contributed by atoms with Gasteiger partial charge in [-0.25, -0.2) is 9.80 Å². The molecule has 0 saturated carbocycles. The van der Waals surface area contributed by atoms with Crippen LogP contribution in [0.1, 0.15) is 37.8 Å². The van der Waals surface area contributed by atoms with E-state index in [1.807, 2.05) is 26.1 Å². The molecule has 1 saturated heterocycles. The van der Waals surface area contributed by atoms with Crippen molar-refractivity contribution < 1.29 is 4.79 Å². The number of hydrogen-bond acceptors (Lipinski definition) is 2. The molecule has 4 heteroatoms. The monoisotopic (exact) mass is 311 g/mol. The fraction of sp³-hybridized carbons (Fsp3) is 0.421. The van der Waals surface area contributed by atoms with Gasteiger partial charge in [0.05, 0.1) is 6.04 Å². The van der Waals surface area contributed by atoms with E-state index in [0.29, 0.717) is 0 Å². The maximum Gasteiger partial charge on any atom is 0.332 e. The molecule has 3 rings (SSSR count). The first-order valence-corrected chi connectivity index (χ1v) is 8.43. The van der Waals surface area contributed by atoms with Crippen LogP contribution >= 0.6 is 0 Å². The third kappa shape index (κ3) is 3.48. The van der Waals surface area contributed by atoms with E-state index in [9.17, 15) is 4.79 Å². The fourth-order valence-electron chi connectivity index (χ4n) is 3.29. The van der Waals surface area contributed by atoms with Gasteiger partial charge in [0.2, 0.25) is 0 Å². The first-order chi connectivity index (χ1) is 11.2. The second kappa shape index (κ2) is 7.01. The average Bonchev–Trinajstić information content (AvgIpc) is 2.61. The van der Waals surface area contributed by atoms with Crippen molar-refractivity contribution in [2.24, 2.45) is 0 Å². The van der Waals surface area contributed by atoms with Gasteiger partial charge in [-0.15, -0.1) is 0 Å². The minimum absolute atomic E-state index is 0.0270. The van der Waals surface area contributed by atoms with Gasteiger partial charge in [-0.1, -0.05) is 48.9 Å². The van der Waals surface area contributed by atoms with Gasteiger partial charge in [0, 0.05) is 20.1 Å². The Bertz CT molecular complexity index is 674. The van der Waals surface area contributed by atoms with Crippen LogP contribution in [0.15, 0.2) is 42.5 Å². The van der Waals surface area contributed by atoms with Crippen LogP contribution in [0.2, 0.25) is 0 Å². The Balaban J connectivity index is 1.72. The zero-order valence-corrected chi connectivity index (χ0v) is 14.0. The molecule has 1 unspecified atom stereocenters. The van der Waals surface area contributed by atoms with E-state index in [1.54, 1.807) is 5.01 Å². The van der Waals surface area contributed by atoms with Crippen LogP contribution in [0.5, 0.6) is 0 Å². The highest BCUT2D eigenvalue weighted by molar-refractivity contribution is 5.86. The van der Waals surface area contributed by atoms with Crippen LogP contribution < -0.4 is 5.32 Å². The zero-order chi connectivity index (χ0) is 16.2. The van der Waals surface area contributed by atoms with Gasteiger partial charge in [0.25, 0.3) is 0 Å². The number of nitrogens with one attached hydrogen (secondary N) is 1. The minimum Gasteiger partial charge on any atom is -0.330 e. The van der Waals surface area contributed by atoms with Crippen LogP contribution in [0.4, 0.5) is 4.79 Å². The van der Waals surface area contributed by atoms with Crippen LogP contribution in [0.25, 0.3) is 10.8 Å². The van der Waals surface area contributed by atoms with E-state index in [1.165, 1.54) is 17.2 Å². The summed E-state index contributed by atoms with van der Waals surface area (Å²) in [5.41, 5.74) is 1.16. The summed E-state index contributed by atoms with van der Waals surface area (Å²) in [5.74, 6) is 0. The molecular weight excluding hydrogens is 286 g/mol. The molecule has 1 aliphatic rings. The molecule has 0 spiro atoms. The summed E-state index contributed by atoms with van der Waals surface area (Å²) >= 11 is 0. The summed E-state index contributed by atoms with van der Waals surface area (Å²) in [6, 6.07) is 14.5. The normalized spacial score (nSPS) is 17.0. The number of urea groups is 1. The highest BCUT2D eigenvalue weighted by Gasteiger charge is 2.21. The Morgan fingerprint density at radius 2 is 1.78 bits per heavy atom. The van der Waals surface area contributed by atoms with Gasteiger partial charge >= 0.3 is 6.03 Å². The third-order valence-corrected chi connectivity index (χ3v) is 4.68. The van der Waals surface area contributed by atoms with Crippen molar-refractivity contribution in [1.82, 2.24) is 15.3 Å². The SMILES string of the molecule is CC(NC(=O)N(C)N1CCCCC1)c1cccc2ccccc12. The van der Waals surface area contributed by atoms with Gasteiger partial charge in [-0.3, -0.25) is 5.01 Å². The number of hydrogen-bond donors (Lipinski definition) is 1. The van der Waals surface area contributed by atoms with E-state index in [-0.39, 0.29) is 12.1 Å². The molecule has 1 atom stereocenters. The van der Waals surface area contributed by atoms with Gasteiger partial charge in [0.1, 0.15) is 0 Å². The quantitative estimate of drug-likeness (QED) is 0.932. The first kappa shape index (κ1) is 15.8. The maximum absolute atomic E-state index is 12.5. The van der Waals surface area contributed by atoms with Crippen LogP contribution in [0, 0.1) is 0 Å². The molecule has 1 aliphatic heterocycles. The Kier molecular flexibility index (Phi) is 4.82. The zero-order valence-electron chi connectivity index (χ0n) is 14.0. The topological polar surface area (TPSA) is 35.6 Å². The lowest BCUT2D eigenvalue weighted by molar-refractivity contribution is 0.0181. The summed E-state index contributed by atoms with van der Waals surface area (Å²) < 4.78 is 0. The number of rotatable bonds is 3. The van der Waals surface area contributed by atoms with Crippen molar-refractivity contribution in [1.29, 1.82) is 0 Å². The van der Waals surface area contributed by atoms with Crippen molar-refractivity contribution in [2.45, 2.75) is 32.2 Å². The maximum atomic E-state index is 12.5. The molecule has 1 N–H and O–H groups in total.